The van der Waals surface area contributed by atoms with Gasteiger partial charge in [-0.2, -0.15) is 0 Å². The van der Waals surface area contributed by atoms with Crippen LogP contribution in [0.3, 0.4) is 0 Å². The fourth-order valence-corrected chi connectivity index (χ4v) is 8.84. The number of benzene rings is 4. The maximum Gasteiger partial charge on any atom is 0.341 e. The smallest absolute Gasteiger partial charge is 0.341 e. The van der Waals surface area contributed by atoms with Crippen molar-refractivity contribution >= 4 is 63.6 Å². The van der Waals surface area contributed by atoms with Crippen molar-refractivity contribution in [3.05, 3.63) is 148 Å². The Morgan fingerprint density at radius 1 is 0.891 bits per heavy atom. The highest BCUT2D eigenvalue weighted by Crippen LogP contribution is 2.43. The molecule has 9 nitrogen and oxygen atoms in total. The van der Waals surface area contributed by atoms with Crippen molar-refractivity contribution in [2.24, 2.45) is 0 Å². The number of amides is 3. The number of thioether (sulfide) groups is 1. The maximum absolute atomic E-state index is 13.8. The Hall–Kier alpha value is -5.65. The number of anilines is 2. The van der Waals surface area contributed by atoms with Gasteiger partial charge in [0.1, 0.15) is 16.4 Å². The van der Waals surface area contributed by atoms with E-state index in [1.54, 1.807) is 60.7 Å². The van der Waals surface area contributed by atoms with Crippen molar-refractivity contribution < 1.29 is 28.7 Å². The molecule has 5 aromatic rings. The normalized spacial score (nSPS) is 14.2. The van der Waals surface area contributed by atoms with Crippen LogP contribution in [0.2, 0.25) is 0 Å². The standard InChI is InChI=1S/C44H43N3O6S2/c1-4-37(42(50)47-43-39(44(51)52-3)34-24-23-30(26-38(34)55-43)28-15-8-6-9-16-28)54-33-21-14-20-32(27-33)45-41(49)35(46-40(48)29-17-10-7-11-18-29)25-31-19-12-13-22-36(31)53-5-2/h6-22,25,27,30,37H,4-5,23-24,26H2,1-3H3,(H,45,49)(H,46,48)(H,47,50)/b35-25+. The van der Waals surface area contributed by atoms with Crippen molar-refractivity contribution in [3.8, 4) is 5.75 Å². The van der Waals surface area contributed by atoms with Crippen LogP contribution in [-0.2, 0) is 27.2 Å². The van der Waals surface area contributed by atoms with Gasteiger partial charge in [0.15, 0.2) is 0 Å². The first kappa shape index (κ1) is 39.1. The van der Waals surface area contributed by atoms with E-state index in [0.717, 1.165) is 34.6 Å². The number of methoxy groups -OCH3 is 1. The molecule has 282 valence electrons. The molecule has 4 aromatic carbocycles. The van der Waals surface area contributed by atoms with Gasteiger partial charge >= 0.3 is 5.97 Å². The van der Waals surface area contributed by atoms with Crippen molar-refractivity contribution in [1.82, 2.24) is 5.32 Å². The molecule has 6 rings (SSSR count). The molecule has 1 aliphatic carbocycles. The van der Waals surface area contributed by atoms with Gasteiger partial charge in [-0.3, -0.25) is 14.4 Å². The summed E-state index contributed by atoms with van der Waals surface area (Å²) in [5.41, 5.74) is 4.21. The first-order valence-electron chi connectivity index (χ1n) is 18.2. The number of hydrogen-bond acceptors (Lipinski definition) is 8. The van der Waals surface area contributed by atoms with E-state index in [9.17, 15) is 19.2 Å². The SMILES string of the molecule is CCOc1ccccc1/C=C(/NC(=O)c1ccccc1)C(=O)Nc1cccc(SC(CC)C(=O)Nc2sc3c(c2C(=O)OC)CCC(c2ccccc2)C3)c1. The Morgan fingerprint density at radius 3 is 2.35 bits per heavy atom. The molecule has 1 heterocycles. The van der Waals surface area contributed by atoms with E-state index in [0.29, 0.717) is 52.1 Å². The summed E-state index contributed by atoms with van der Waals surface area (Å²) in [6.45, 7) is 4.24. The van der Waals surface area contributed by atoms with Crippen LogP contribution in [-0.4, -0.2) is 42.7 Å². The third kappa shape index (κ3) is 9.72. The minimum absolute atomic E-state index is 0.0278. The summed E-state index contributed by atoms with van der Waals surface area (Å²) in [4.78, 5) is 55.7. The van der Waals surface area contributed by atoms with Crippen LogP contribution < -0.4 is 20.7 Å². The summed E-state index contributed by atoms with van der Waals surface area (Å²) >= 11 is 2.81. The van der Waals surface area contributed by atoms with Gasteiger partial charge in [0.25, 0.3) is 11.8 Å². The number of thiophene rings is 1. The van der Waals surface area contributed by atoms with Gasteiger partial charge in [-0.25, -0.2) is 4.79 Å². The highest BCUT2D eigenvalue weighted by molar-refractivity contribution is 8.00. The van der Waals surface area contributed by atoms with E-state index in [1.165, 1.54) is 35.8 Å². The Balaban J connectivity index is 1.18. The molecule has 3 amide bonds. The van der Waals surface area contributed by atoms with Gasteiger partial charge in [-0.1, -0.05) is 79.7 Å². The zero-order chi connectivity index (χ0) is 38.7. The second-order valence-corrected chi connectivity index (χ2v) is 15.3. The van der Waals surface area contributed by atoms with Crippen LogP contribution in [0.1, 0.15) is 74.9 Å². The summed E-state index contributed by atoms with van der Waals surface area (Å²) in [5, 5.41) is 8.77. The van der Waals surface area contributed by atoms with E-state index < -0.39 is 23.0 Å². The molecule has 1 aromatic heterocycles. The van der Waals surface area contributed by atoms with Crippen LogP contribution >= 0.6 is 23.1 Å². The van der Waals surface area contributed by atoms with Crippen LogP contribution in [0.5, 0.6) is 5.75 Å². The predicted octanol–water partition coefficient (Wildman–Crippen LogP) is 9.12. The topological polar surface area (TPSA) is 123 Å². The number of ether oxygens (including phenoxy) is 2. The van der Waals surface area contributed by atoms with E-state index in [4.69, 9.17) is 9.47 Å². The van der Waals surface area contributed by atoms with Gasteiger partial charge in [-0.15, -0.1) is 23.1 Å². The van der Waals surface area contributed by atoms with Crippen molar-refractivity contribution in [2.45, 2.75) is 55.6 Å². The Morgan fingerprint density at radius 2 is 1.62 bits per heavy atom. The molecule has 0 spiro atoms. The van der Waals surface area contributed by atoms with E-state index in [2.05, 4.69) is 28.1 Å². The van der Waals surface area contributed by atoms with E-state index >= 15 is 0 Å². The average Bonchev–Trinajstić information content (AvgIpc) is 3.57. The average molecular weight is 774 g/mol. The summed E-state index contributed by atoms with van der Waals surface area (Å²) < 4.78 is 10.9. The van der Waals surface area contributed by atoms with Crippen LogP contribution in [0, 0.1) is 0 Å². The fraction of sp³-hybridized carbons (Fsp3) is 0.227. The molecule has 0 saturated carbocycles. The summed E-state index contributed by atoms with van der Waals surface area (Å²) in [7, 11) is 1.36. The largest absolute Gasteiger partial charge is 0.493 e. The predicted molar refractivity (Wildman–Crippen MR) is 220 cm³/mol. The molecule has 1 aliphatic rings. The molecule has 11 heteroatoms. The molecular formula is C44H43N3O6S2. The van der Waals surface area contributed by atoms with Crippen molar-refractivity contribution in [3.63, 3.8) is 0 Å². The number of carbonyl (C=O) groups excluding carboxylic acids is 4. The number of para-hydroxylation sites is 1. The molecule has 3 N–H and O–H groups in total. The lowest BCUT2D eigenvalue weighted by Crippen LogP contribution is -2.30. The second kappa shape index (κ2) is 18.6. The minimum Gasteiger partial charge on any atom is -0.493 e. The van der Waals surface area contributed by atoms with Gasteiger partial charge < -0.3 is 25.4 Å². The lowest BCUT2D eigenvalue weighted by molar-refractivity contribution is -0.116. The summed E-state index contributed by atoms with van der Waals surface area (Å²) in [6, 6.07) is 33.5. The molecular weight excluding hydrogens is 731 g/mol. The number of rotatable bonds is 14. The van der Waals surface area contributed by atoms with Crippen LogP contribution in [0.25, 0.3) is 6.08 Å². The third-order valence-electron chi connectivity index (χ3n) is 9.24. The van der Waals surface area contributed by atoms with Crippen molar-refractivity contribution in [1.29, 1.82) is 0 Å². The maximum atomic E-state index is 13.8. The van der Waals surface area contributed by atoms with E-state index in [1.807, 2.05) is 56.3 Å². The molecule has 0 bridgehead atoms. The molecule has 0 radical (unpaired) electrons. The van der Waals surface area contributed by atoms with Gasteiger partial charge in [0, 0.05) is 26.6 Å². The van der Waals surface area contributed by atoms with Crippen LogP contribution in [0.4, 0.5) is 10.7 Å². The molecule has 55 heavy (non-hydrogen) atoms. The lowest BCUT2D eigenvalue weighted by atomic mass is 9.83. The molecule has 0 aliphatic heterocycles. The molecule has 2 unspecified atom stereocenters. The molecule has 0 saturated heterocycles. The Labute approximate surface area is 329 Å². The van der Waals surface area contributed by atoms with Crippen molar-refractivity contribution in [2.75, 3.05) is 24.4 Å². The Kier molecular flexibility index (Phi) is 13.2. The van der Waals surface area contributed by atoms with Gasteiger partial charge in [0.05, 0.1) is 24.5 Å². The monoisotopic (exact) mass is 773 g/mol. The number of fused-ring (bicyclic) bond motifs is 1. The van der Waals surface area contributed by atoms with Crippen LogP contribution in [0.15, 0.2) is 120 Å². The first-order valence-corrected chi connectivity index (χ1v) is 19.9. The second-order valence-electron chi connectivity index (χ2n) is 12.9. The molecule has 2 atom stereocenters. The quantitative estimate of drug-likeness (QED) is 0.0585. The molecule has 0 fully saturated rings. The number of esters is 1. The lowest BCUT2D eigenvalue weighted by Gasteiger charge is -2.22. The number of carbonyl (C=O) groups is 4. The fourth-order valence-electron chi connectivity index (χ4n) is 6.51. The van der Waals surface area contributed by atoms with Gasteiger partial charge in [-0.05, 0) is 92.1 Å². The zero-order valence-corrected chi connectivity index (χ0v) is 32.6. The van der Waals surface area contributed by atoms with Gasteiger partial charge in [0.2, 0.25) is 5.91 Å². The summed E-state index contributed by atoms with van der Waals surface area (Å²) in [6.07, 6.45) is 4.52. The summed E-state index contributed by atoms with van der Waals surface area (Å²) in [5.74, 6) is -0.740. The van der Waals surface area contributed by atoms with E-state index in [-0.39, 0.29) is 11.6 Å². The third-order valence-corrected chi connectivity index (χ3v) is 11.8. The highest BCUT2D eigenvalue weighted by Gasteiger charge is 2.32. The number of hydrogen-bond donors (Lipinski definition) is 3. The first-order chi connectivity index (χ1) is 26.8. The zero-order valence-electron chi connectivity index (χ0n) is 30.9. The number of nitrogens with one attached hydrogen (secondary N) is 3. The highest BCUT2D eigenvalue weighted by atomic mass is 32.2. The Bertz CT molecular complexity index is 2180. The minimum atomic E-state index is -0.533.